The molecule has 2 N–H and O–H groups in total. The largest absolute Gasteiger partial charge is 0.507 e. The van der Waals surface area contributed by atoms with E-state index in [4.69, 9.17) is 0 Å². The Morgan fingerprint density at radius 2 is 1.92 bits per heavy atom. The maximum atomic E-state index is 13.4. The number of nitrogens with zero attached hydrogens (tertiary/aromatic N) is 1. The van der Waals surface area contributed by atoms with E-state index in [2.05, 4.69) is 9.93 Å². The van der Waals surface area contributed by atoms with Crippen molar-refractivity contribution < 1.29 is 17.9 Å². The molecule has 128 valence electrons. The van der Waals surface area contributed by atoms with Gasteiger partial charge in [-0.1, -0.05) is 19.1 Å². The molecule has 0 saturated heterocycles. The predicted octanol–water partition coefficient (Wildman–Crippen LogP) is 3.24. The van der Waals surface area contributed by atoms with Crippen LogP contribution in [0.4, 0.5) is 4.39 Å². The van der Waals surface area contributed by atoms with Crippen LogP contribution >= 0.6 is 0 Å². The summed E-state index contributed by atoms with van der Waals surface area (Å²) in [5, 5.41) is 13.7. The van der Waals surface area contributed by atoms with Crippen LogP contribution in [0.3, 0.4) is 0 Å². The van der Waals surface area contributed by atoms with E-state index >= 15 is 0 Å². The summed E-state index contributed by atoms with van der Waals surface area (Å²) in [6.07, 6.45) is 0.312. The van der Waals surface area contributed by atoms with Crippen LogP contribution in [0, 0.1) is 19.7 Å². The number of aromatic hydroxyl groups is 1. The summed E-state index contributed by atoms with van der Waals surface area (Å²) in [7, 11) is -3.86. The van der Waals surface area contributed by atoms with Gasteiger partial charge in [-0.3, -0.25) is 0 Å². The van der Waals surface area contributed by atoms with Crippen molar-refractivity contribution in [3.05, 3.63) is 58.9 Å². The van der Waals surface area contributed by atoms with Crippen LogP contribution in [0.15, 0.2) is 46.4 Å². The fraction of sp³-hybridized carbons (Fsp3) is 0.235. The molecule has 7 heteroatoms. The zero-order chi connectivity index (χ0) is 17.9. The molecule has 0 heterocycles. The second kappa shape index (κ2) is 7.00. The van der Waals surface area contributed by atoms with Crippen molar-refractivity contribution >= 4 is 15.7 Å². The van der Waals surface area contributed by atoms with E-state index in [1.807, 2.05) is 6.07 Å². The van der Waals surface area contributed by atoms with E-state index in [1.54, 1.807) is 32.9 Å². The van der Waals surface area contributed by atoms with E-state index in [1.165, 1.54) is 6.07 Å². The molecule has 2 aromatic rings. The molecule has 2 rings (SSSR count). The Balaban J connectivity index is 2.39. The summed E-state index contributed by atoms with van der Waals surface area (Å²) in [5.74, 6) is -0.704. The molecule has 0 unspecified atom stereocenters. The molecule has 0 aliphatic carbocycles. The number of nitrogens with one attached hydrogen (secondary N) is 1. The van der Waals surface area contributed by atoms with E-state index in [0.717, 1.165) is 17.7 Å². The van der Waals surface area contributed by atoms with Gasteiger partial charge in [-0.2, -0.15) is 18.4 Å². The number of hydrogen-bond donors (Lipinski definition) is 2. The van der Waals surface area contributed by atoms with E-state index in [9.17, 15) is 17.9 Å². The number of sulfonamides is 1. The molecule has 0 aromatic heterocycles. The van der Waals surface area contributed by atoms with E-state index in [-0.39, 0.29) is 21.9 Å². The van der Waals surface area contributed by atoms with Crippen molar-refractivity contribution in [2.45, 2.75) is 32.1 Å². The van der Waals surface area contributed by atoms with Gasteiger partial charge in [-0.05, 0) is 55.7 Å². The zero-order valence-corrected chi connectivity index (χ0v) is 14.5. The standard InChI is InChI=1S/C17H19FN2O3S/c1-4-15(14-10-13(18)7-8-16(14)21)19-20-24(22,23)17-9-11(2)5-6-12(17)3/h5-10,20-21H,4H2,1-3H3/b19-15+. The van der Waals surface area contributed by atoms with Crippen molar-refractivity contribution in [2.75, 3.05) is 0 Å². The molecule has 0 radical (unpaired) electrons. The zero-order valence-electron chi connectivity index (χ0n) is 13.7. The molecule has 0 aliphatic rings. The average molecular weight is 350 g/mol. The first-order valence-electron chi connectivity index (χ1n) is 7.39. The Kier molecular flexibility index (Phi) is 5.23. The first-order chi connectivity index (χ1) is 11.2. The molecule has 5 nitrogen and oxygen atoms in total. The number of hydrogen-bond acceptors (Lipinski definition) is 4. The van der Waals surface area contributed by atoms with Crippen molar-refractivity contribution in [1.82, 2.24) is 4.83 Å². The van der Waals surface area contributed by atoms with Gasteiger partial charge in [0, 0.05) is 5.56 Å². The van der Waals surface area contributed by atoms with Crippen LogP contribution in [-0.4, -0.2) is 19.2 Å². The average Bonchev–Trinajstić information content (AvgIpc) is 2.53. The van der Waals surface area contributed by atoms with Gasteiger partial charge in [0.15, 0.2) is 0 Å². The lowest BCUT2D eigenvalue weighted by Crippen LogP contribution is -2.21. The fourth-order valence-corrected chi connectivity index (χ4v) is 3.39. The summed E-state index contributed by atoms with van der Waals surface area (Å²) in [4.78, 5) is 2.30. The number of rotatable bonds is 5. The Labute approximate surface area is 140 Å². The minimum Gasteiger partial charge on any atom is -0.507 e. The van der Waals surface area contributed by atoms with E-state index in [0.29, 0.717) is 12.0 Å². The van der Waals surface area contributed by atoms with Gasteiger partial charge in [0.1, 0.15) is 11.6 Å². The quantitative estimate of drug-likeness (QED) is 0.642. The number of benzene rings is 2. The van der Waals surface area contributed by atoms with Crippen molar-refractivity contribution in [1.29, 1.82) is 0 Å². The van der Waals surface area contributed by atoms with Crippen LogP contribution in [0.1, 0.15) is 30.0 Å². The Morgan fingerprint density at radius 3 is 2.58 bits per heavy atom. The third kappa shape index (κ3) is 3.91. The summed E-state index contributed by atoms with van der Waals surface area (Å²) >= 11 is 0. The first-order valence-corrected chi connectivity index (χ1v) is 8.87. The maximum Gasteiger partial charge on any atom is 0.276 e. The molecule has 2 aromatic carbocycles. The van der Waals surface area contributed by atoms with Gasteiger partial charge in [0.2, 0.25) is 0 Å². The van der Waals surface area contributed by atoms with Crippen molar-refractivity contribution in [3.63, 3.8) is 0 Å². The monoisotopic (exact) mass is 350 g/mol. The summed E-state index contributed by atoms with van der Waals surface area (Å²) < 4.78 is 38.3. The maximum absolute atomic E-state index is 13.4. The van der Waals surface area contributed by atoms with Gasteiger partial charge in [0.25, 0.3) is 10.0 Å². The minimum absolute atomic E-state index is 0.130. The Bertz CT molecular complexity index is 893. The molecule has 0 fully saturated rings. The lowest BCUT2D eigenvalue weighted by molar-refractivity contribution is 0.471. The molecule has 0 bridgehead atoms. The van der Waals surface area contributed by atoms with Crippen LogP contribution in [0.25, 0.3) is 0 Å². The molecule has 0 saturated carbocycles. The van der Waals surface area contributed by atoms with Crippen molar-refractivity contribution in [3.8, 4) is 5.75 Å². The third-order valence-corrected chi connectivity index (χ3v) is 4.89. The highest BCUT2D eigenvalue weighted by Crippen LogP contribution is 2.21. The molecular weight excluding hydrogens is 331 g/mol. The lowest BCUT2D eigenvalue weighted by atomic mass is 10.1. The second-order valence-corrected chi connectivity index (χ2v) is 7.07. The minimum atomic E-state index is -3.86. The van der Waals surface area contributed by atoms with Crippen LogP contribution in [0.5, 0.6) is 5.75 Å². The van der Waals surface area contributed by atoms with Crippen LogP contribution in [-0.2, 0) is 10.0 Å². The molecule has 0 atom stereocenters. The van der Waals surface area contributed by atoms with Gasteiger partial charge in [0.05, 0.1) is 10.6 Å². The van der Waals surface area contributed by atoms with Crippen LogP contribution < -0.4 is 4.83 Å². The van der Waals surface area contributed by atoms with Gasteiger partial charge >= 0.3 is 0 Å². The van der Waals surface area contributed by atoms with Gasteiger partial charge in [-0.25, -0.2) is 4.39 Å². The molecule has 24 heavy (non-hydrogen) atoms. The SMILES string of the molecule is CC/C(=N\NS(=O)(=O)c1cc(C)ccc1C)c1cc(F)ccc1O. The number of phenols is 1. The smallest absolute Gasteiger partial charge is 0.276 e. The molecule has 0 aliphatic heterocycles. The molecule has 0 spiro atoms. The van der Waals surface area contributed by atoms with Gasteiger partial charge in [-0.15, -0.1) is 0 Å². The predicted molar refractivity (Wildman–Crippen MR) is 91.1 cm³/mol. The summed E-state index contributed by atoms with van der Waals surface area (Å²) in [5.41, 5.74) is 1.79. The first kappa shape index (κ1) is 17.9. The molecule has 0 amide bonds. The van der Waals surface area contributed by atoms with Crippen molar-refractivity contribution in [2.24, 2.45) is 5.10 Å². The van der Waals surface area contributed by atoms with E-state index < -0.39 is 15.8 Å². The lowest BCUT2D eigenvalue weighted by Gasteiger charge is -2.10. The number of hydrazone groups is 1. The highest BCUT2D eigenvalue weighted by atomic mass is 32.2. The highest BCUT2D eigenvalue weighted by Gasteiger charge is 2.17. The summed E-state index contributed by atoms with van der Waals surface area (Å²) in [6, 6.07) is 8.52. The summed E-state index contributed by atoms with van der Waals surface area (Å²) in [6.45, 7) is 5.22. The normalized spacial score (nSPS) is 12.2. The number of phenolic OH excluding ortho intramolecular Hbond substituents is 1. The fourth-order valence-electron chi connectivity index (χ4n) is 2.23. The van der Waals surface area contributed by atoms with Crippen LogP contribution in [0.2, 0.25) is 0 Å². The highest BCUT2D eigenvalue weighted by molar-refractivity contribution is 7.89. The second-order valence-electron chi connectivity index (χ2n) is 5.44. The number of aryl methyl sites for hydroxylation is 2. The van der Waals surface area contributed by atoms with Gasteiger partial charge < -0.3 is 5.11 Å². The topological polar surface area (TPSA) is 78.8 Å². The Morgan fingerprint density at radius 1 is 1.21 bits per heavy atom. The molecular formula is C17H19FN2O3S. The Hall–Kier alpha value is -2.41. The number of halogens is 1. The third-order valence-electron chi connectivity index (χ3n) is 3.54.